The maximum absolute atomic E-state index is 12.8. The molecular formula is C20H16N2O5S. The first-order chi connectivity index (χ1) is 13.5. The molecule has 8 heteroatoms. The zero-order chi connectivity index (χ0) is 19.8. The molecule has 0 radical (unpaired) electrons. The number of para-hydroxylation sites is 2. The summed E-state index contributed by atoms with van der Waals surface area (Å²) < 4.78 is 12.9. The lowest BCUT2D eigenvalue weighted by Gasteiger charge is -2.14. The molecule has 0 aliphatic rings. The van der Waals surface area contributed by atoms with Crippen LogP contribution in [0.5, 0.6) is 11.5 Å². The smallest absolute Gasteiger partial charge is 0.344 e. The van der Waals surface area contributed by atoms with Gasteiger partial charge < -0.3 is 14.6 Å². The van der Waals surface area contributed by atoms with Crippen molar-refractivity contribution < 1.29 is 19.4 Å². The standard InChI is InChI=1S/C20H16N2O5S/c1-11(19(24)25)27-15-8-7-12(9-16(15)26-2)10-17-18(23)22-14-6-4-3-5-13(14)21-20(22)28-17/h3-11H,1-2H3,(H,24,25)/t11-/m1/s1. The Morgan fingerprint density at radius 2 is 2.04 bits per heavy atom. The average Bonchev–Trinajstić information content (AvgIpc) is 3.19. The van der Waals surface area contributed by atoms with Gasteiger partial charge in [-0.1, -0.05) is 29.5 Å². The van der Waals surface area contributed by atoms with Crippen molar-refractivity contribution in [1.82, 2.24) is 9.38 Å². The Morgan fingerprint density at radius 1 is 1.25 bits per heavy atom. The molecule has 1 atom stereocenters. The molecule has 0 saturated heterocycles. The highest BCUT2D eigenvalue weighted by molar-refractivity contribution is 7.15. The Labute approximate surface area is 163 Å². The van der Waals surface area contributed by atoms with Crippen LogP contribution < -0.4 is 19.6 Å². The van der Waals surface area contributed by atoms with Crippen molar-refractivity contribution in [2.75, 3.05) is 7.11 Å². The average molecular weight is 396 g/mol. The number of benzene rings is 2. The molecule has 0 amide bonds. The van der Waals surface area contributed by atoms with E-state index in [1.165, 1.54) is 25.4 Å². The second kappa shape index (κ2) is 6.97. The van der Waals surface area contributed by atoms with Crippen LogP contribution in [0.3, 0.4) is 0 Å². The van der Waals surface area contributed by atoms with Crippen molar-refractivity contribution >= 4 is 39.4 Å². The predicted octanol–water partition coefficient (Wildman–Crippen LogP) is 2.32. The minimum Gasteiger partial charge on any atom is -0.493 e. The number of carboxylic acids is 1. The second-order valence-electron chi connectivity index (χ2n) is 6.14. The molecule has 2 heterocycles. The molecule has 28 heavy (non-hydrogen) atoms. The summed E-state index contributed by atoms with van der Waals surface area (Å²) in [6.45, 7) is 1.44. The van der Waals surface area contributed by atoms with Crippen LogP contribution in [0.2, 0.25) is 0 Å². The molecule has 1 N–H and O–H groups in total. The Morgan fingerprint density at radius 3 is 2.79 bits per heavy atom. The summed E-state index contributed by atoms with van der Waals surface area (Å²) in [6, 6.07) is 12.6. The number of hydrogen-bond donors (Lipinski definition) is 1. The molecular weight excluding hydrogens is 380 g/mol. The normalized spacial score (nSPS) is 13.1. The molecule has 4 aromatic rings. The summed E-state index contributed by atoms with van der Waals surface area (Å²) in [4.78, 5) is 29.0. The van der Waals surface area contributed by atoms with E-state index in [0.717, 1.165) is 16.6 Å². The molecule has 0 saturated carbocycles. The fourth-order valence-corrected chi connectivity index (χ4v) is 3.86. The van der Waals surface area contributed by atoms with Crippen molar-refractivity contribution in [2.24, 2.45) is 0 Å². The van der Waals surface area contributed by atoms with Crippen LogP contribution in [0, 0.1) is 0 Å². The summed E-state index contributed by atoms with van der Waals surface area (Å²) in [5, 5.41) is 9.00. The van der Waals surface area contributed by atoms with E-state index in [2.05, 4.69) is 4.98 Å². The maximum atomic E-state index is 12.8. The monoisotopic (exact) mass is 396 g/mol. The Bertz CT molecular complexity index is 1310. The number of carbonyl (C=O) groups is 1. The SMILES string of the molecule is COc1cc(C=c2sc3nc4ccccc4n3c2=O)ccc1O[C@H](C)C(=O)O. The molecule has 7 nitrogen and oxygen atoms in total. The molecule has 0 bridgehead atoms. The molecule has 2 aromatic carbocycles. The van der Waals surface area contributed by atoms with Gasteiger partial charge in [-0.15, -0.1) is 0 Å². The molecule has 0 aliphatic carbocycles. The minimum atomic E-state index is -1.07. The highest BCUT2D eigenvalue weighted by Crippen LogP contribution is 2.29. The number of rotatable bonds is 5. The first-order valence-corrected chi connectivity index (χ1v) is 9.29. The van der Waals surface area contributed by atoms with Crippen molar-refractivity contribution in [3.8, 4) is 11.5 Å². The van der Waals surface area contributed by atoms with Gasteiger partial charge in [-0.05, 0) is 42.8 Å². The van der Waals surface area contributed by atoms with E-state index in [9.17, 15) is 9.59 Å². The van der Waals surface area contributed by atoms with Gasteiger partial charge >= 0.3 is 5.97 Å². The number of aromatic nitrogens is 2. The zero-order valence-corrected chi connectivity index (χ0v) is 15.9. The van der Waals surface area contributed by atoms with Gasteiger partial charge in [0.05, 0.1) is 22.7 Å². The predicted molar refractivity (Wildman–Crippen MR) is 106 cm³/mol. The molecule has 142 valence electrons. The lowest BCUT2D eigenvalue weighted by molar-refractivity contribution is -0.144. The van der Waals surface area contributed by atoms with Crippen molar-refractivity contribution in [3.63, 3.8) is 0 Å². The molecule has 0 unspecified atom stereocenters. The number of imidazole rings is 1. The third kappa shape index (κ3) is 3.07. The summed E-state index contributed by atoms with van der Waals surface area (Å²) in [6.07, 6.45) is 0.749. The minimum absolute atomic E-state index is 0.132. The number of ether oxygens (including phenoxy) is 2. The second-order valence-corrected chi connectivity index (χ2v) is 7.15. The van der Waals surface area contributed by atoms with E-state index in [-0.39, 0.29) is 5.56 Å². The number of nitrogens with zero attached hydrogens (tertiary/aromatic N) is 2. The Balaban J connectivity index is 1.77. The number of fused-ring (bicyclic) bond motifs is 3. The van der Waals surface area contributed by atoms with Gasteiger partial charge in [-0.3, -0.25) is 4.79 Å². The van der Waals surface area contributed by atoms with Crippen molar-refractivity contribution in [3.05, 3.63) is 62.9 Å². The van der Waals surface area contributed by atoms with E-state index in [4.69, 9.17) is 14.6 Å². The van der Waals surface area contributed by atoms with E-state index in [1.807, 2.05) is 24.3 Å². The van der Waals surface area contributed by atoms with Gasteiger partial charge in [0.25, 0.3) is 5.56 Å². The largest absolute Gasteiger partial charge is 0.493 e. The fraction of sp³-hybridized carbons (Fsp3) is 0.150. The number of thiazole rings is 1. The topological polar surface area (TPSA) is 90.1 Å². The van der Waals surface area contributed by atoms with Crippen LogP contribution in [0.4, 0.5) is 0 Å². The summed E-state index contributed by atoms with van der Waals surface area (Å²) in [7, 11) is 1.47. The molecule has 2 aromatic heterocycles. The van der Waals surface area contributed by atoms with Crippen LogP contribution in [0.15, 0.2) is 47.3 Å². The van der Waals surface area contributed by atoms with Crippen LogP contribution in [0.25, 0.3) is 22.1 Å². The van der Waals surface area contributed by atoms with E-state index < -0.39 is 12.1 Å². The van der Waals surface area contributed by atoms with Gasteiger partial charge in [0.2, 0.25) is 0 Å². The van der Waals surface area contributed by atoms with Gasteiger partial charge in [0, 0.05) is 0 Å². The van der Waals surface area contributed by atoms with Crippen molar-refractivity contribution in [1.29, 1.82) is 0 Å². The fourth-order valence-electron chi connectivity index (χ4n) is 2.88. The lowest BCUT2D eigenvalue weighted by Crippen LogP contribution is -2.23. The number of hydrogen-bond acceptors (Lipinski definition) is 6. The third-order valence-corrected chi connectivity index (χ3v) is 5.25. The molecule has 4 rings (SSSR count). The van der Waals surface area contributed by atoms with Gasteiger partial charge in [-0.25, -0.2) is 14.2 Å². The molecule has 0 fully saturated rings. The van der Waals surface area contributed by atoms with Gasteiger partial charge in [0.15, 0.2) is 22.6 Å². The molecule has 0 spiro atoms. The van der Waals surface area contributed by atoms with Gasteiger partial charge in [0.1, 0.15) is 0 Å². The number of methoxy groups -OCH3 is 1. The zero-order valence-electron chi connectivity index (χ0n) is 15.1. The van der Waals surface area contributed by atoms with Crippen LogP contribution >= 0.6 is 11.3 Å². The lowest BCUT2D eigenvalue weighted by atomic mass is 10.2. The van der Waals surface area contributed by atoms with E-state index in [1.54, 1.807) is 28.7 Å². The first kappa shape index (κ1) is 18.0. The van der Waals surface area contributed by atoms with Crippen LogP contribution in [-0.2, 0) is 4.79 Å². The summed E-state index contributed by atoms with van der Waals surface area (Å²) in [5.41, 5.74) is 2.17. The van der Waals surface area contributed by atoms with Gasteiger partial charge in [-0.2, -0.15) is 0 Å². The highest BCUT2D eigenvalue weighted by Gasteiger charge is 2.16. The van der Waals surface area contributed by atoms with E-state index in [0.29, 0.717) is 21.0 Å². The third-order valence-electron chi connectivity index (χ3n) is 4.28. The highest BCUT2D eigenvalue weighted by atomic mass is 32.1. The van der Waals surface area contributed by atoms with Crippen molar-refractivity contribution in [2.45, 2.75) is 13.0 Å². The van der Waals surface area contributed by atoms with Crippen LogP contribution in [-0.4, -0.2) is 33.7 Å². The Kier molecular flexibility index (Phi) is 4.48. The summed E-state index contributed by atoms with van der Waals surface area (Å²) >= 11 is 1.31. The quantitative estimate of drug-likeness (QED) is 0.557. The summed E-state index contributed by atoms with van der Waals surface area (Å²) in [5.74, 6) is -0.354. The van der Waals surface area contributed by atoms with E-state index >= 15 is 0 Å². The number of carboxylic acid groups (broad SMARTS) is 1. The van der Waals surface area contributed by atoms with Crippen LogP contribution in [0.1, 0.15) is 12.5 Å². The maximum Gasteiger partial charge on any atom is 0.344 e. The molecule has 0 aliphatic heterocycles. The first-order valence-electron chi connectivity index (χ1n) is 8.47. The Hall–Kier alpha value is -3.39. The number of aliphatic carboxylic acids is 1.